The van der Waals surface area contributed by atoms with Crippen molar-refractivity contribution < 1.29 is 10.2 Å². The lowest BCUT2D eigenvalue weighted by molar-refractivity contribution is -0.00934. The minimum Gasteiger partial charge on any atom is -0.390 e. The largest absolute Gasteiger partial charge is 0.390 e. The molecule has 15 heavy (non-hydrogen) atoms. The molecule has 0 aromatic heterocycles. The van der Waals surface area contributed by atoms with Gasteiger partial charge in [-0.15, -0.1) is 0 Å². The summed E-state index contributed by atoms with van der Waals surface area (Å²) in [4.78, 5) is 0. The molecule has 0 aliphatic rings. The van der Waals surface area contributed by atoms with Crippen LogP contribution in [-0.2, 0) is 0 Å². The van der Waals surface area contributed by atoms with Crippen molar-refractivity contribution in [1.82, 2.24) is 0 Å². The van der Waals surface area contributed by atoms with Gasteiger partial charge < -0.3 is 10.2 Å². The van der Waals surface area contributed by atoms with Gasteiger partial charge in [-0.25, -0.2) is 0 Å². The molecule has 2 atom stereocenters. The molecule has 0 spiro atoms. The molecule has 1 rings (SSSR count). The molecule has 0 saturated carbocycles. The number of benzene rings is 1. The van der Waals surface area contributed by atoms with Crippen LogP contribution < -0.4 is 0 Å². The van der Waals surface area contributed by atoms with Crippen LogP contribution in [0.3, 0.4) is 0 Å². The van der Waals surface area contributed by atoms with E-state index in [1.54, 1.807) is 18.2 Å². The van der Waals surface area contributed by atoms with Crippen molar-refractivity contribution in [2.45, 2.75) is 26.1 Å². The summed E-state index contributed by atoms with van der Waals surface area (Å²) in [5.41, 5.74) is 0.502. The maximum absolute atomic E-state index is 9.85. The van der Waals surface area contributed by atoms with Gasteiger partial charge in [-0.05, 0) is 18.1 Å². The first-order valence-electron chi connectivity index (χ1n) is 4.74. The zero-order valence-corrected chi connectivity index (χ0v) is 10.1. The molecule has 2 N–H and O–H groups in total. The van der Waals surface area contributed by atoms with Gasteiger partial charge in [-0.1, -0.05) is 43.1 Å². The average molecular weight is 249 g/mol. The molecule has 0 saturated heterocycles. The summed E-state index contributed by atoms with van der Waals surface area (Å²) in [6.45, 7) is 3.66. The number of aliphatic hydroxyl groups is 2. The Morgan fingerprint density at radius 2 is 1.73 bits per heavy atom. The third-order valence-corrected chi connectivity index (χ3v) is 2.85. The molecule has 0 heterocycles. The standard InChI is InChI=1S/C11H14Cl2O2/c1-6(2)10(14)11(15)8-4-3-7(12)5-9(8)13/h3-6,10-11,14-15H,1-2H3/t10-,11-/m1/s1. The normalized spacial score (nSPS) is 15.4. The number of rotatable bonds is 3. The van der Waals surface area contributed by atoms with Crippen molar-refractivity contribution in [1.29, 1.82) is 0 Å². The first-order chi connectivity index (χ1) is 6.93. The maximum atomic E-state index is 9.85. The molecule has 2 nitrogen and oxygen atoms in total. The topological polar surface area (TPSA) is 40.5 Å². The zero-order valence-electron chi connectivity index (χ0n) is 8.61. The summed E-state index contributed by atoms with van der Waals surface area (Å²) in [5, 5.41) is 20.4. The van der Waals surface area contributed by atoms with Gasteiger partial charge in [-0.3, -0.25) is 0 Å². The first kappa shape index (κ1) is 12.8. The van der Waals surface area contributed by atoms with E-state index >= 15 is 0 Å². The Balaban J connectivity index is 2.96. The van der Waals surface area contributed by atoms with Gasteiger partial charge in [-0.2, -0.15) is 0 Å². The summed E-state index contributed by atoms with van der Waals surface area (Å²) in [7, 11) is 0. The average Bonchev–Trinajstić information content (AvgIpc) is 2.15. The van der Waals surface area contributed by atoms with E-state index < -0.39 is 12.2 Å². The lowest BCUT2D eigenvalue weighted by Gasteiger charge is -2.22. The third kappa shape index (κ3) is 3.08. The van der Waals surface area contributed by atoms with Crippen LogP contribution in [0, 0.1) is 5.92 Å². The van der Waals surface area contributed by atoms with Gasteiger partial charge in [0, 0.05) is 15.6 Å². The number of hydrogen-bond acceptors (Lipinski definition) is 2. The molecule has 1 aromatic carbocycles. The van der Waals surface area contributed by atoms with E-state index in [0.29, 0.717) is 15.6 Å². The van der Waals surface area contributed by atoms with Gasteiger partial charge in [0.2, 0.25) is 0 Å². The Bertz CT molecular complexity index is 339. The van der Waals surface area contributed by atoms with Crippen LogP contribution >= 0.6 is 23.2 Å². The van der Waals surface area contributed by atoms with Crippen LogP contribution in [0.5, 0.6) is 0 Å². The Morgan fingerprint density at radius 1 is 1.13 bits per heavy atom. The fraction of sp³-hybridized carbons (Fsp3) is 0.455. The van der Waals surface area contributed by atoms with E-state index in [4.69, 9.17) is 23.2 Å². The highest BCUT2D eigenvalue weighted by Crippen LogP contribution is 2.29. The van der Waals surface area contributed by atoms with Crippen LogP contribution in [0.15, 0.2) is 18.2 Å². The van der Waals surface area contributed by atoms with E-state index in [-0.39, 0.29) is 5.92 Å². The van der Waals surface area contributed by atoms with Gasteiger partial charge in [0.25, 0.3) is 0 Å². The minimum absolute atomic E-state index is 0.0354. The third-order valence-electron chi connectivity index (χ3n) is 2.29. The molecule has 0 unspecified atom stereocenters. The lowest BCUT2D eigenvalue weighted by atomic mass is 9.96. The Labute approximate surface area is 99.5 Å². The minimum atomic E-state index is -0.977. The van der Waals surface area contributed by atoms with E-state index in [1.165, 1.54) is 0 Å². The monoisotopic (exact) mass is 248 g/mol. The number of halogens is 2. The first-order valence-corrected chi connectivity index (χ1v) is 5.50. The van der Waals surface area contributed by atoms with Crippen LogP contribution in [0.2, 0.25) is 10.0 Å². The van der Waals surface area contributed by atoms with Crippen molar-refractivity contribution in [3.8, 4) is 0 Å². The summed E-state index contributed by atoms with van der Waals surface area (Å²) >= 11 is 11.7. The zero-order chi connectivity index (χ0) is 11.6. The molecular formula is C11H14Cl2O2. The molecule has 84 valence electrons. The molecule has 0 aliphatic carbocycles. The summed E-state index contributed by atoms with van der Waals surface area (Å²) in [6.07, 6.45) is -1.81. The molecular weight excluding hydrogens is 235 g/mol. The van der Waals surface area contributed by atoms with Gasteiger partial charge in [0.1, 0.15) is 6.10 Å². The van der Waals surface area contributed by atoms with E-state index in [0.717, 1.165) is 0 Å². The van der Waals surface area contributed by atoms with Gasteiger partial charge in [0.15, 0.2) is 0 Å². The van der Waals surface area contributed by atoms with Crippen LogP contribution in [0.25, 0.3) is 0 Å². The van der Waals surface area contributed by atoms with E-state index in [2.05, 4.69) is 0 Å². The van der Waals surface area contributed by atoms with E-state index in [1.807, 2.05) is 13.8 Å². The molecule has 0 amide bonds. The SMILES string of the molecule is CC(C)[C@@H](O)[C@H](O)c1ccc(Cl)cc1Cl. The predicted molar refractivity (Wildman–Crippen MR) is 62.3 cm³/mol. The quantitative estimate of drug-likeness (QED) is 0.864. The molecule has 0 fully saturated rings. The van der Waals surface area contributed by atoms with Crippen molar-refractivity contribution >= 4 is 23.2 Å². The summed E-state index contributed by atoms with van der Waals surface area (Å²) < 4.78 is 0. The molecule has 4 heteroatoms. The number of hydrogen-bond donors (Lipinski definition) is 2. The number of aliphatic hydroxyl groups excluding tert-OH is 2. The second kappa shape index (κ2) is 5.17. The van der Waals surface area contributed by atoms with Crippen LogP contribution in [0.1, 0.15) is 25.5 Å². The second-order valence-corrected chi connectivity index (χ2v) is 4.69. The highest BCUT2D eigenvalue weighted by molar-refractivity contribution is 6.35. The fourth-order valence-corrected chi connectivity index (χ4v) is 1.81. The fourth-order valence-electron chi connectivity index (χ4n) is 1.29. The van der Waals surface area contributed by atoms with Crippen molar-refractivity contribution in [3.05, 3.63) is 33.8 Å². The van der Waals surface area contributed by atoms with Gasteiger partial charge in [0.05, 0.1) is 6.10 Å². The van der Waals surface area contributed by atoms with Crippen molar-refractivity contribution in [3.63, 3.8) is 0 Å². The molecule has 0 aliphatic heterocycles. The molecule has 0 radical (unpaired) electrons. The van der Waals surface area contributed by atoms with Crippen LogP contribution in [0.4, 0.5) is 0 Å². The Hall–Kier alpha value is -0.280. The predicted octanol–water partition coefficient (Wildman–Crippen LogP) is 3.04. The summed E-state index contributed by atoms with van der Waals surface area (Å²) in [5.74, 6) is -0.0354. The maximum Gasteiger partial charge on any atom is 0.107 e. The van der Waals surface area contributed by atoms with Crippen molar-refractivity contribution in [2.75, 3.05) is 0 Å². The van der Waals surface area contributed by atoms with Crippen LogP contribution in [-0.4, -0.2) is 16.3 Å². The van der Waals surface area contributed by atoms with E-state index in [9.17, 15) is 10.2 Å². The smallest absolute Gasteiger partial charge is 0.107 e. The van der Waals surface area contributed by atoms with Crippen molar-refractivity contribution in [2.24, 2.45) is 5.92 Å². The highest BCUT2D eigenvalue weighted by atomic mass is 35.5. The Morgan fingerprint density at radius 3 is 2.20 bits per heavy atom. The highest BCUT2D eigenvalue weighted by Gasteiger charge is 2.23. The Kier molecular flexibility index (Phi) is 4.41. The summed E-state index contributed by atoms with van der Waals surface area (Å²) in [6, 6.07) is 4.81. The van der Waals surface area contributed by atoms with Gasteiger partial charge >= 0.3 is 0 Å². The molecule has 1 aromatic rings. The second-order valence-electron chi connectivity index (χ2n) is 3.85. The lowest BCUT2D eigenvalue weighted by Crippen LogP contribution is -2.24. The molecule has 0 bridgehead atoms.